The Labute approximate surface area is 174 Å². The van der Waals surface area contributed by atoms with Crippen molar-refractivity contribution in [3.8, 4) is 0 Å². The highest BCUT2D eigenvalue weighted by Crippen LogP contribution is 2.06. The minimum atomic E-state index is -0.547. The van der Waals surface area contributed by atoms with Crippen LogP contribution in [0.1, 0.15) is 29.3 Å². The van der Waals surface area contributed by atoms with Crippen molar-refractivity contribution in [2.24, 2.45) is 0 Å². The van der Waals surface area contributed by atoms with E-state index in [9.17, 15) is 18.8 Å². The smallest absolute Gasteiger partial charge is 0.263 e. The quantitative estimate of drug-likeness (QED) is 0.617. The van der Waals surface area contributed by atoms with Crippen molar-refractivity contribution in [3.05, 3.63) is 69.9 Å². The van der Waals surface area contributed by atoms with Gasteiger partial charge in [0, 0.05) is 38.4 Å². The summed E-state index contributed by atoms with van der Waals surface area (Å²) in [7, 11) is 1.69. The fraction of sp³-hybridized carbons (Fsp3) is 0.381. The lowest BCUT2D eigenvalue weighted by Crippen LogP contribution is -2.43. The number of hydrogen-bond acceptors (Lipinski definition) is 5. The summed E-state index contributed by atoms with van der Waals surface area (Å²) in [5.41, 5.74) is 6.37. The Morgan fingerprint density at radius 3 is 2.63 bits per heavy atom. The molecular formula is C21H26FN5O3. The molecule has 0 bridgehead atoms. The van der Waals surface area contributed by atoms with Gasteiger partial charge in [0.1, 0.15) is 17.9 Å². The van der Waals surface area contributed by atoms with E-state index in [1.54, 1.807) is 30.1 Å². The Bertz CT molecular complexity index is 960. The normalized spacial score (nSPS) is 18.2. The van der Waals surface area contributed by atoms with Gasteiger partial charge in [-0.15, -0.1) is 0 Å². The second kappa shape index (κ2) is 9.64. The molecular weight excluding hydrogens is 389 g/mol. The van der Waals surface area contributed by atoms with Crippen LogP contribution in [0, 0.1) is 5.82 Å². The van der Waals surface area contributed by atoms with Crippen molar-refractivity contribution >= 4 is 11.8 Å². The van der Waals surface area contributed by atoms with Crippen LogP contribution in [0.4, 0.5) is 4.39 Å². The van der Waals surface area contributed by atoms with Crippen LogP contribution in [-0.2, 0) is 17.9 Å². The second-order valence-electron chi connectivity index (χ2n) is 7.56. The van der Waals surface area contributed by atoms with E-state index >= 15 is 0 Å². The summed E-state index contributed by atoms with van der Waals surface area (Å²) in [6.45, 7) is 2.59. The van der Waals surface area contributed by atoms with Crippen molar-refractivity contribution in [3.63, 3.8) is 0 Å². The van der Waals surface area contributed by atoms with Gasteiger partial charge in [0.2, 0.25) is 5.91 Å². The monoisotopic (exact) mass is 415 g/mol. The summed E-state index contributed by atoms with van der Waals surface area (Å²) in [5.74, 6) is -1.13. The first-order valence-electron chi connectivity index (χ1n) is 9.80. The summed E-state index contributed by atoms with van der Waals surface area (Å²) in [6.07, 6.45) is 2.39. The van der Waals surface area contributed by atoms with Gasteiger partial charge in [-0.25, -0.2) is 4.39 Å². The zero-order chi connectivity index (χ0) is 21.7. The van der Waals surface area contributed by atoms with E-state index in [1.165, 1.54) is 29.0 Å². The van der Waals surface area contributed by atoms with Gasteiger partial charge in [0.05, 0.1) is 0 Å². The Morgan fingerprint density at radius 1 is 1.23 bits per heavy atom. The predicted octanol–water partition coefficient (Wildman–Crippen LogP) is 0.631. The van der Waals surface area contributed by atoms with Crippen LogP contribution in [0.15, 0.2) is 47.4 Å². The van der Waals surface area contributed by atoms with Crippen molar-refractivity contribution in [1.29, 1.82) is 0 Å². The van der Waals surface area contributed by atoms with E-state index in [1.807, 2.05) is 0 Å². The molecule has 2 heterocycles. The Kier molecular flexibility index (Phi) is 6.96. The molecule has 1 fully saturated rings. The SMILES string of the molecule is CC1CC(CN(C)C(=O)Cn2cccc(C(=O)NCc3ccc(F)cc3)c2=O)NN1. The molecule has 0 spiro atoms. The molecule has 1 saturated heterocycles. The number of nitrogens with zero attached hydrogens (tertiary/aromatic N) is 2. The lowest BCUT2D eigenvalue weighted by atomic mass is 10.1. The molecule has 0 saturated carbocycles. The minimum absolute atomic E-state index is 0.0504. The number of benzene rings is 1. The van der Waals surface area contributed by atoms with E-state index in [2.05, 4.69) is 23.1 Å². The van der Waals surface area contributed by atoms with Crippen LogP contribution in [0.5, 0.6) is 0 Å². The van der Waals surface area contributed by atoms with E-state index in [0.29, 0.717) is 18.2 Å². The molecule has 160 valence electrons. The third kappa shape index (κ3) is 5.52. The molecule has 1 aliphatic heterocycles. The molecule has 1 aromatic heterocycles. The summed E-state index contributed by atoms with van der Waals surface area (Å²) >= 11 is 0. The lowest BCUT2D eigenvalue weighted by molar-refractivity contribution is -0.130. The predicted molar refractivity (Wildman–Crippen MR) is 110 cm³/mol. The van der Waals surface area contributed by atoms with E-state index in [-0.39, 0.29) is 36.4 Å². The highest BCUT2D eigenvalue weighted by Gasteiger charge is 2.23. The third-order valence-corrected chi connectivity index (χ3v) is 5.03. The second-order valence-corrected chi connectivity index (χ2v) is 7.56. The highest BCUT2D eigenvalue weighted by molar-refractivity contribution is 5.93. The number of halogens is 1. The number of pyridine rings is 1. The number of carbonyl (C=O) groups excluding carboxylic acids is 2. The largest absolute Gasteiger partial charge is 0.348 e. The first-order chi connectivity index (χ1) is 14.3. The molecule has 3 rings (SSSR count). The Balaban J connectivity index is 1.60. The number of rotatable bonds is 7. The number of hydrazine groups is 1. The molecule has 9 heteroatoms. The fourth-order valence-electron chi connectivity index (χ4n) is 3.34. The Hall–Kier alpha value is -3.04. The first-order valence-corrected chi connectivity index (χ1v) is 9.80. The minimum Gasteiger partial charge on any atom is -0.348 e. The number of hydrogen-bond donors (Lipinski definition) is 3. The van der Waals surface area contributed by atoms with E-state index < -0.39 is 11.5 Å². The molecule has 0 radical (unpaired) electrons. The van der Waals surface area contributed by atoms with Crippen LogP contribution >= 0.6 is 0 Å². The van der Waals surface area contributed by atoms with Gasteiger partial charge in [-0.3, -0.25) is 25.2 Å². The van der Waals surface area contributed by atoms with Crippen LogP contribution in [0.2, 0.25) is 0 Å². The van der Waals surface area contributed by atoms with Crippen molar-refractivity contribution in [1.82, 2.24) is 25.6 Å². The molecule has 8 nitrogen and oxygen atoms in total. The molecule has 2 atom stereocenters. The molecule has 2 amide bonds. The summed E-state index contributed by atoms with van der Waals surface area (Å²) in [5, 5.41) is 2.65. The Morgan fingerprint density at radius 2 is 1.97 bits per heavy atom. The van der Waals surface area contributed by atoms with Crippen LogP contribution in [0.3, 0.4) is 0 Å². The van der Waals surface area contributed by atoms with Gasteiger partial charge in [0.15, 0.2) is 0 Å². The first kappa shape index (κ1) is 21.7. The van der Waals surface area contributed by atoms with Gasteiger partial charge in [-0.05, 0) is 43.2 Å². The molecule has 1 aromatic carbocycles. The number of aromatic nitrogens is 1. The molecule has 30 heavy (non-hydrogen) atoms. The van der Waals surface area contributed by atoms with Gasteiger partial charge < -0.3 is 14.8 Å². The number of nitrogens with one attached hydrogen (secondary N) is 3. The maximum atomic E-state index is 13.0. The average molecular weight is 415 g/mol. The van der Waals surface area contributed by atoms with Crippen LogP contribution in [0.25, 0.3) is 0 Å². The van der Waals surface area contributed by atoms with Crippen LogP contribution in [-0.4, -0.2) is 47.0 Å². The summed E-state index contributed by atoms with van der Waals surface area (Å²) < 4.78 is 14.2. The van der Waals surface area contributed by atoms with Crippen molar-refractivity contribution in [2.75, 3.05) is 13.6 Å². The maximum Gasteiger partial charge on any atom is 0.263 e. The molecule has 2 unspecified atom stereocenters. The molecule has 2 aromatic rings. The average Bonchev–Trinajstić information content (AvgIpc) is 3.13. The van der Waals surface area contributed by atoms with Crippen molar-refractivity contribution in [2.45, 2.75) is 38.5 Å². The maximum absolute atomic E-state index is 13.0. The summed E-state index contributed by atoms with van der Waals surface area (Å²) in [6, 6.07) is 9.19. The van der Waals surface area contributed by atoms with E-state index in [4.69, 9.17) is 0 Å². The van der Waals surface area contributed by atoms with Gasteiger partial charge in [0.25, 0.3) is 11.5 Å². The fourth-order valence-corrected chi connectivity index (χ4v) is 3.34. The third-order valence-electron chi connectivity index (χ3n) is 5.03. The zero-order valence-corrected chi connectivity index (χ0v) is 17.0. The molecule has 1 aliphatic rings. The van der Waals surface area contributed by atoms with Crippen molar-refractivity contribution < 1.29 is 14.0 Å². The van der Waals surface area contributed by atoms with Gasteiger partial charge in [-0.2, -0.15) is 0 Å². The van der Waals surface area contributed by atoms with E-state index in [0.717, 1.165) is 6.42 Å². The van der Waals surface area contributed by atoms with Crippen LogP contribution < -0.4 is 21.7 Å². The number of amides is 2. The standard InChI is InChI=1S/C21H26FN5O3/c1-14-10-17(25-24-14)12-26(2)19(28)13-27-9-3-4-18(21(27)30)20(29)23-11-15-5-7-16(22)8-6-15/h3-9,14,17,24-25H,10-13H2,1-2H3,(H,23,29). The topological polar surface area (TPSA) is 95.5 Å². The highest BCUT2D eigenvalue weighted by atomic mass is 19.1. The zero-order valence-electron chi connectivity index (χ0n) is 17.0. The molecule has 3 N–H and O–H groups in total. The van der Waals surface area contributed by atoms with Gasteiger partial charge >= 0.3 is 0 Å². The lowest BCUT2D eigenvalue weighted by Gasteiger charge is -2.21. The summed E-state index contributed by atoms with van der Waals surface area (Å²) in [4.78, 5) is 39.2. The van der Waals surface area contributed by atoms with Gasteiger partial charge in [-0.1, -0.05) is 12.1 Å². The number of carbonyl (C=O) groups is 2. The molecule has 0 aliphatic carbocycles. The number of likely N-dealkylation sites (N-methyl/N-ethyl adjacent to an activating group) is 1.